The number of hydrogen-bond donors (Lipinski definition) is 2. The summed E-state index contributed by atoms with van der Waals surface area (Å²) >= 11 is 0. The number of nitrogens with zero attached hydrogens (tertiary/aromatic N) is 1. The zero-order valence-electron chi connectivity index (χ0n) is 13.1. The van der Waals surface area contributed by atoms with Crippen LogP contribution in [0.3, 0.4) is 0 Å². The van der Waals surface area contributed by atoms with Gasteiger partial charge in [0.25, 0.3) is 0 Å². The molecule has 1 aliphatic heterocycles. The smallest absolute Gasteiger partial charge is 0.213 e. The highest BCUT2D eigenvalue weighted by Crippen LogP contribution is 2.26. The quantitative estimate of drug-likeness (QED) is 0.862. The molecule has 2 aromatic rings. The van der Waals surface area contributed by atoms with E-state index in [-0.39, 0.29) is 12.6 Å². The van der Waals surface area contributed by atoms with Crippen LogP contribution in [0, 0.1) is 0 Å². The normalized spacial score (nSPS) is 15.1. The lowest BCUT2D eigenvalue weighted by molar-refractivity contribution is 0.495. The predicted octanol–water partition coefficient (Wildman–Crippen LogP) is 2.74. The van der Waals surface area contributed by atoms with Gasteiger partial charge in [0.1, 0.15) is 0 Å². The van der Waals surface area contributed by atoms with Crippen molar-refractivity contribution in [2.45, 2.75) is 19.5 Å². The average Bonchev–Trinajstić information content (AvgIpc) is 2.80. The van der Waals surface area contributed by atoms with Gasteiger partial charge in [-0.1, -0.05) is 30.4 Å². The number of nitrogens with one attached hydrogen (secondary N) is 2. The lowest BCUT2D eigenvalue weighted by atomic mass is 10.1. The Bertz CT molecular complexity index is 783. The Morgan fingerprint density at radius 1 is 1.26 bits per heavy atom. The Balaban J connectivity index is 1.97. The minimum atomic E-state index is 0.191. The van der Waals surface area contributed by atoms with Crippen LogP contribution in [0.15, 0.2) is 61.0 Å². The van der Waals surface area contributed by atoms with Gasteiger partial charge in [-0.25, -0.2) is 0 Å². The van der Waals surface area contributed by atoms with Gasteiger partial charge in [0.2, 0.25) is 6.29 Å². The van der Waals surface area contributed by atoms with Crippen LogP contribution in [0.5, 0.6) is 0 Å². The molecule has 3 rings (SSSR count). The second-order valence-corrected chi connectivity index (χ2v) is 5.61. The molecule has 0 bridgehead atoms. The summed E-state index contributed by atoms with van der Waals surface area (Å²) in [6, 6.07) is 8.64. The van der Waals surface area contributed by atoms with Crippen molar-refractivity contribution in [3.63, 3.8) is 0 Å². The van der Waals surface area contributed by atoms with E-state index in [2.05, 4.69) is 58.7 Å². The van der Waals surface area contributed by atoms with Crippen LogP contribution in [0.25, 0.3) is 16.6 Å². The Labute approximate surface area is 136 Å². The first kappa shape index (κ1) is 15.3. The van der Waals surface area contributed by atoms with Gasteiger partial charge in [0.05, 0.1) is 12.1 Å². The van der Waals surface area contributed by atoms with E-state index in [1.165, 1.54) is 10.9 Å². The third kappa shape index (κ3) is 3.43. The number of para-hydroxylation sites is 1. The fourth-order valence-corrected chi connectivity index (χ4v) is 2.83. The summed E-state index contributed by atoms with van der Waals surface area (Å²) in [4.78, 5) is 10.4. The van der Waals surface area contributed by atoms with Gasteiger partial charge in [0.15, 0.2) is 0 Å². The van der Waals surface area contributed by atoms with E-state index in [9.17, 15) is 4.79 Å². The van der Waals surface area contributed by atoms with E-state index >= 15 is 0 Å². The number of carbonyl (C=O) groups excluding carboxylic acids is 1. The Kier molecular flexibility index (Phi) is 4.74. The second-order valence-electron chi connectivity index (χ2n) is 5.61. The van der Waals surface area contributed by atoms with Gasteiger partial charge in [-0.15, -0.1) is 0 Å². The summed E-state index contributed by atoms with van der Waals surface area (Å²) < 4.78 is 2.23. The first-order valence-electron chi connectivity index (χ1n) is 7.76. The van der Waals surface area contributed by atoms with Crippen LogP contribution < -0.4 is 10.6 Å². The number of aromatic nitrogens is 1. The minimum absolute atomic E-state index is 0.191. The fourth-order valence-electron chi connectivity index (χ4n) is 2.83. The molecular weight excluding hydrogens is 286 g/mol. The molecule has 1 aromatic heterocycles. The first-order chi connectivity index (χ1) is 11.3. The van der Waals surface area contributed by atoms with Gasteiger partial charge >= 0.3 is 0 Å². The largest absolute Gasteiger partial charge is 0.361 e. The predicted molar refractivity (Wildman–Crippen MR) is 94.5 cm³/mol. The molecule has 4 heteroatoms. The summed E-state index contributed by atoms with van der Waals surface area (Å²) in [6.45, 7) is 3.12. The van der Waals surface area contributed by atoms with Crippen LogP contribution in [-0.2, 0) is 11.3 Å². The molecule has 0 aliphatic carbocycles. The molecule has 1 aliphatic rings. The molecule has 4 nitrogen and oxygen atoms in total. The molecule has 0 unspecified atom stereocenters. The topological polar surface area (TPSA) is 46.1 Å². The Morgan fingerprint density at radius 2 is 2.17 bits per heavy atom. The molecule has 2 N–H and O–H groups in total. The molecule has 1 aromatic carbocycles. The average molecular weight is 306 g/mol. The summed E-state index contributed by atoms with van der Waals surface area (Å²) in [7, 11) is 0. The Morgan fingerprint density at radius 3 is 3.04 bits per heavy atom. The molecule has 0 saturated heterocycles. The van der Waals surface area contributed by atoms with Gasteiger partial charge in [0, 0.05) is 41.6 Å². The first-order valence-corrected chi connectivity index (χ1v) is 7.76. The highest BCUT2D eigenvalue weighted by molar-refractivity contribution is 5.92. The van der Waals surface area contributed by atoms with Gasteiger partial charge in [-0.2, -0.15) is 0 Å². The summed E-state index contributed by atoms with van der Waals surface area (Å²) in [5.74, 6) is 0. The molecule has 0 saturated carbocycles. The zero-order chi connectivity index (χ0) is 16.1. The lowest BCUT2D eigenvalue weighted by Gasteiger charge is -2.16. The molecule has 2 heterocycles. The van der Waals surface area contributed by atoms with Crippen molar-refractivity contribution in [3.05, 3.63) is 66.5 Å². The van der Waals surface area contributed by atoms with E-state index in [1.54, 1.807) is 0 Å². The lowest BCUT2D eigenvalue weighted by Crippen LogP contribution is -2.31. The van der Waals surface area contributed by atoms with Crippen molar-refractivity contribution in [2.24, 2.45) is 0 Å². The maximum absolute atomic E-state index is 10.4. The SMILES string of the molecule is C[C@@H](Cn1ccc2cccc(C3=CC=CC=CN3)c21)NC[C]=O. The standard InChI is InChI=1S/C19H20N3O/c1-15(20-11-13-23)14-22-12-9-16-6-5-7-17(19(16)22)18-8-3-2-4-10-21-18/h2-10,12,15,20-21H,11,14H2,1H3/t15-/m0/s1. The molecule has 1 radical (unpaired) electrons. The summed E-state index contributed by atoms with van der Waals surface area (Å²) in [6.07, 6.45) is 14.0. The highest BCUT2D eigenvalue weighted by Gasteiger charge is 2.12. The molecule has 0 fully saturated rings. The fraction of sp³-hybridized carbons (Fsp3) is 0.211. The van der Waals surface area contributed by atoms with E-state index in [4.69, 9.17) is 0 Å². The molecular formula is C19H20N3O. The number of rotatable bonds is 6. The van der Waals surface area contributed by atoms with E-state index in [1.807, 2.05) is 30.7 Å². The summed E-state index contributed by atoms with van der Waals surface area (Å²) in [5.41, 5.74) is 3.43. The van der Waals surface area contributed by atoms with Crippen molar-refractivity contribution in [3.8, 4) is 0 Å². The monoisotopic (exact) mass is 306 g/mol. The number of allylic oxidation sites excluding steroid dienone is 4. The van der Waals surface area contributed by atoms with Crippen molar-refractivity contribution >= 4 is 22.9 Å². The maximum atomic E-state index is 10.4. The third-order valence-corrected chi connectivity index (χ3v) is 3.89. The van der Waals surface area contributed by atoms with E-state index < -0.39 is 0 Å². The van der Waals surface area contributed by atoms with E-state index in [0.29, 0.717) is 0 Å². The Hall–Kier alpha value is -2.59. The molecule has 0 amide bonds. The number of fused-ring (bicyclic) bond motifs is 1. The van der Waals surface area contributed by atoms with Crippen LogP contribution in [0.2, 0.25) is 0 Å². The van der Waals surface area contributed by atoms with Crippen LogP contribution in [0.1, 0.15) is 12.5 Å². The molecule has 1 atom stereocenters. The number of benzene rings is 1. The highest BCUT2D eigenvalue weighted by atomic mass is 16.1. The summed E-state index contributed by atoms with van der Waals surface area (Å²) in [5, 5.41) is 7.68. The van der Waals surface area contributed by atoms with Crippen molar-refractivity contribution < 1.29 is 4.79 Å². The van der Waals surface area contributed by atoms with Gasteiger partial charge in [-0.05, 0) is 25.1 Å². The molecule has 23 heavy (non-hydrogen) atoms. The maximum Gasteiger partial charge on any atom is 0.213 e. The zero-order valence-corrected chi connectivity index (χ0v) is 13.1. The van der Waals surface area contributed by atoms with Gasteiger partial charge < -0.3 is 15.2 Å². The minimum Gasteiger partial charge on any atom is -0.361 e. The van der Waals surface area contributed by atoms with Crippen molar-refractivity contribution in [1.82, 2.24) is 15.2 Å². The van der Waals surface area contributed by atoms with Crippen LogP contribution >= 0.6 is 0 Å². The third-order valence-electron chi connectivity index (χ3n) is 3.89. The second kappa shape index (κ2) is 7.11. The van der Waals surface area contributed by atoms with Crippen LogP contribution in [0.4, 0.5) is 0 Å². The molecule has 0 spiro atoms. The van der Waals surface area contributed by atoms with Crippen LogP contribution in [-0.4, -0.2) is 23.4 Å². The molecule has 117 valence electrons. The van der Waals surface area contributed by atoms with E-state index in [0.717, 1.165) is 17.8 Å². The van der Waals surface area contributed by atoms with Gasteiger partial charge in [-0.3, -0.25) is 4.79 Å². The van der Waals surface area contributed by atoms with Crippen molar-refractivity contribution in [2.75, 3.05) is 6.54 Å². The van der Waals surface area contributed by atoms with Crippen molar-refractivity contribution in [1.29, 1.82) is 0 Å². The number of hydrogen-bond acceptors (Lipinski definition) is 3.